The van der Waals surface area contributed by atoms with Gasteiger partial charge in [-0.25, -0.2) is 9.78 Å². The van der Waals surface area contributed by atoms with Gasteiger partial charge in [0.1, 0.15) is 11.3 Å². The molecule has 0 spiro atoms. The van der Waals surface area contributed by atoms with E-state index in [1.807, 2.05) is 6.07 Å². The van der Waals surface area contributed by atoms with E-state index in [-0.39, 0.29) is 11.3 Å². The third-order valence-electron chi connectivity index (χ3n) is 6.03. The van der Waals surface area contributed by atoms with E-state index in [4.69, 9.17) is 19.2 Å². The number of pyridine rings is 1. The molecule has 0 saturated carbocycles. The zero-order valence-electron chi connectivity index (χ0n) is 18.4. The van der Waals surface area contributed by atoms with Crippen LogP contribution in [0.2, 0.25) is 0 Å². The molecule has 33 heavy (non-hydrogen) atoms. The van der Waals surface area contributed by atoms with E-state index in [9.17, 15) is 9.59 Å². The largest absolute Gasteiger partial charge is 0.496 e. The molecule has 1 amide bonds. The summed E-state index contributed by atoms with van der Waals surface area (Å²) in [6.07, 6.45) is 4.08. The summed E-state index contributed by atoms with van der Waals surface area (Å²) in [4.78, 5) is 36.7. The summed E-state index contributed by atoms with van der Waals surface area (Å²) in [6.45, 7) is 3.36. The highest BCUT2D eigenvalue weighted by molar-refractivity contribution is 7.22. The molecular formula is C23H24N4O5S. The molecule has 5 rings (SSSR count). The predicted octanol–water partition coefficient (Wildman–Crippen LogP) is 3.21. The highest BCUT2D eigenvalue weighted by Gasteiger charge is 2.33. The molecule has 0 radical (unpaired) electrons. The summed E-state index contributed by atoms with van der Waals surface area (Å²) in [5.41, 5.74) is 1.59. The van der Waals surface area contributed by atoms with Crippen molar-refractivity contribution in [1.82, 2.24) is 9.97 Å². The van der Waals surface area contributed by atoms with Gasteiger partial charge in [-0.1, -0.05) is 11.3 Å². The third kappa shape index (κ3) is 4.11. The summed E-state index contributed by atoms with van der Waals surface area (Å²) in [7, 11) is 2.81. The first-order valence-electron chi connectivity index (χ1n) is 10.7. The Morgan fingerprint density at radius 3 is 2.70 bits per heavy atom. The standard InChI is InChI=1S/C23H24N4O5S/c1-30-18-4-3-16-20(33-23(26-16)27-9-13-7-14(10-27)12-32-11-13)19(18)21(28)25-17-8-24-6-5-15(17)22(29)31-2/h3-6,8,13-14H,7,9-12H2,1-2H3,(H,25,28). The average molecular weight is 469 g/mol. The molecule has 172 valence electrons. The Balaban J connectivity index is 1.50. The lowest BCUT2D eigenvalue weighted by Crippen LogP contribution is -2.46. The number of carbonyl (C=O) groups excluding carboxylic acids is 2. The molecule has 0 aliphatic carbocycles. The summed E-state index contributed by atoms with van der Waals surface area (Å²) in [5.74, 6) is 0.475. The molecule has 3 aromatic rings. The van der Waals surface area contributed by atoms with Crippen LogP contribution in [0, 0.1) is 11.8 Å². The minimum absolute atomic E-state index is 0.221. The molecule has 2 atom stereocenters. The van der Waals surface area contributed by atoms with Crippen molar-refractivity contribution in [2.45, 2.75) is 6.42 Å². The Kier molecular flexibility index (Phi) is 5.86. The molecule has 2 fully saturated rings. The smallest absolute Gasteiger partial charge is 0.340 e. The van der Waals surface area contributed by atoms with Gasteiger partial charge in [0.15, 0.2) is 5.13 Å². The Morgan fingerprint density at radius 2 is 1.97 bits per heavy atom. The van der Waals surface area contributed by atoms with Gasteiger partial charge in [-0.05, 0) is 24.6 Å². The van der Waals surface area contributed by atoms with E-state index in [0.717, 1.165) is 41.7 Å². The second-order valence-corrected chi connectivity index (χ2v) is 9.24. The van der Waals surface area contributed by atoms with Crippen molar-refractivity contribution in [1.29, 1.82) is 0 Å². The van der Waals surface area contributed by atoms with Crippen molar-refractivity contribution >= 4 is 44.2 Å². The van der Waals surface area contributed by atoms with Crippen LogP contribution in [-0.4, -0.2) is 62.4 Å². The van der Waals surface area contributed by atoms with E-state index in [2.05, 4.69) is 15.2 Å². The maximum atomic E-state index is 13.4. The first kappa shape index (κ1) is 21.6. The van der Waals surface area contributed by atoms with E-state index < -0.39 is 11.9 Å². The van der Waals surface area contributed by atoms with Crippen LogP contribution < -0.4 is 15.0 Å². The minimum Gasteiger partial charge on any atom is -0.496 e. The van der Waals surface area contributed by atoms with Gasteiger partial charge in [0.05, 0.1) is 55.1 Å². The van der Waals surface area contributed by atoms with Crippen molar-refractivity contribution in [3.8, 4) is 5.75 Å². The monoisotopic (exact) mass is 468 g/mol. The molecule has 2 unspecified atom stereocenters. The zero-order valence-corrected chi connectivity index (χ0v) is 19.2. The molecule has 9 nitrogen and oxygen atoms in total. The number of aromatic nitrogens is 2. The molecule has 2 aromatic heterocycles. The van der Waals surface area contributed by atoms with Crippen molar-refractivity contribution in [3.05, 3.63) is 41.7 Å². The molecule has 10 heteroatoms. The van der Waals surface area contributed by atoms with E-state index in [1.54, 1.807) is 6.07 Å². The van der Waals surface area contributed by atoms with Gasteiger partial charge in [-0.3, -0.25) is 9.78 Å². The molecule has 2 aliphatic heterocycles. The van der Waals surface area contributed by atoms with E-state index >= 15 is 0 Å². The van der Waals surface area contributed by atoms with Crippen molar-refractivity contribution < 1.29 is 23.8 Å². The molecule has 4 heterocycles. The Hall–Kier alpha value is -3.24. The van der Waals surface area contributed by atoms with Crippen LogP contribution in [0.25, 0.3) is 10.2 Å². The zero-order chi connectivity index (χ0) is 22.9. The van der Waals surface area contributed by atoms with Crippen molar-refractivity contribution in [2.75, 3.05) is 50.7 Å². The number of esters is 1. The molecular weight excluding hydrogens is 444 g/mol. The number of ether oxygens (including phenoxy) is 3. The van der Waals surface area contributed by atoms with Crippen molar-refractivity contribution in [3.63, 3.8) is 0 Å². The van der Waals surface area contributed by atoms with E-state index in [0.29, 0.717) is 23.1 Å². The summed E-state index contributed by atoms with van der Waals surface area (Å²) >= 11 is 1.48. The number of nitrogens with zero attached hydrogens (tertiary/aromatic N) is 3. The molecule has 2 bridgehead atoms. The van der Waals surface area contributed by atoms with Gasteiger partial charge in [-0.15, -0.1) is 0 Å². The number of fused-ring (bicyclic) bond motifs is 3. The highest BCUT2D eigenvalue weighted by Crippen LogP contribution is 2.39. The number of benzene rings is 1. The van der Waals surface area contributed by atoms with E-state index in [1.165, 1.54) is 50.4 Å². The van der Waals surface area contributed by atoms with Crippen LogP contribution >= 0.6 is 11.3 Å². The number of anilines is 2. The van der Waals surface area contributed by atoms with Gasteiger partial charge in [0.25, 0.3) is 5.91 Å². The maximum Gasteiger partial charge on any atom is 0.340 e. The van der Waals surface area contributed by atoms with Gasteiger partial charge in [-0.2, -0.15) is 0 Å². The lowest BCUT2D eigenvalue weighted by atomic mass is 9.88. The molecule has 1 aromatic carbocycles. The summed E-state index contributed by atoms with van der Waals surface area (Å²) in [5, 5.41) is 3.69. The lowest BCUT2D eigenvalue weighted by Gasteiger charge is -2.41. The third-order valence-corrected chi connectivity index (χ3v) is 7.18. The Labute approximate surface area is 194 Å². The first-order valence-corrected chi connectivity index (χ1v) is 11.5. The first-order chi connectivity index (χ1) is 16.1. The minimum atomic E-state index is -0.558. The maximum absolute atomic E-state index is 13.4. The number of methoxy groups -OCH3 is 2. The number of nitrogens with one attached hydrogen (secondary N) is 1. The quantitative estimate of drug-likeness (QED) is 0.570. The number of hydrogen-bond donors (Lipinski definition) is 1. The number of piperidine rings is 1. The van der Waals surface area contributed by atoms with Crippen LogP contribution in [0.5, 0.6) is 5.75 Å². The van der Waals surface area contributed by atoms with Gasteiger partial charge >= 0.3 is 5.97 Å². The van der Waals surface area contributed by atoms with Crippen LogP contribution in [0.1, 0.15) is 27.1 Å². The van der Waals surface area contributed by atoms with Gasteiger partial charge in [0.2, 0.25) is 0 Å². The van der Waals surface area contributed by atoms with Crippen molar-refractivity contribution in [2.24, 2.45) is 11.8 Å². The molecule has 1 N–H and O–H groups in total. The number of hydrogen-bond acceptors (Lipinski definition) is 9. The number of amides is 1. The SMILES string of the molecule is COC(=O)c1ccncc1NC(=O)c1c(OC)ccc2nc(N3CC4COCC(C4)C3)sc12. The van der Waals surface area contributed by atoms with Crippen LogP contribution in [0.15, 0.2) is 30.6 Å². The Bertz CT molecular complexity index is 1200. The van der Waals surface area contributed by atoms with Crippen LogP contribution in [0.3, 0.4) is 0 Å². The fourth-order valence-electron chi connectivity index (χ4n) is 4.57. The Morgan fingerprint density at radius 1 is 1.18 bits per heavy atom. The molecule has 2 saturated heterocycles. The number of rotatable bonds is 5. The lowest BCUT2D eigenvalue weighted by molar-refractivity contribution is 0.00624. The summed E-state index contributed by atoms with van der Waals surface area (Å²) in [6, 6.07) is 5.10. The highest BCUT2D eigenvalue weighted by atomic mass is 32.1. The number of thiazole rings is 1. The summed E-state index contributed by atoms with van der Waals surface area (Å²) < 4.78 is 16.8. The fraction of sp³-hybridized carbons (Fsp3) is 0.391. The van der Waals surface area contributed by atoms with Gasteiger partial charge in [0, 0.05) is 31.1 Å². The number of carbonyl (C=O) groups is 2. The average Bonchev–Trinajstić information content (AvgIpc) is 3.27. The second kappa shape index (κ2) is 8.95. The second-order valence-electron chi connectivity index (χ2n) is 8.26. The van der Waals surface area contributed by atoms with Crippen LogP contribution in [-0.2, 0) is 9.47 Å². The topological polar surface area (TPSA) is 103 Å². The molecule has 2 aliphatic rings. The normalized spacial score (nSPS) is 19.9. The predicted molar refractivity (Wildman–Crippen MR) is 124 cm³/mol. The van der Waals surface area contributed by atoms with Crippen LogP contribution in [0.4, 0.5) is 10.8 Å². The fourth-order valence-corrected chi connectivity index (χ4v) is 5.69. The van der Waals surface area contributed by atoms with Gasteiger partial charge < -0.3 is 24.4 Å².